The Morgan fingerprint density at radius 2 is 1.12 bits per heavy atom. The second kappa shape index (κ2) is 11.5. The summed E-state index contributed by atoms with van der Waals surface area (Å²) in [4.78, 5) is 10.8. The minimum Gasteiger partial charge on any atom is -0.455 e. The molecule has 0 radical (unpaired) electrons. The van der Waals surface area contributed by atoms with Gasteiger partial charge in [-0.15, -0.1) is 11.3 Å². The molecule has 0 aliphatic rings. The van der Waals surface area contributed by atoms with Gasteiger partial charge >= 0.3 is 0 Å². The van der Waals surface area contributed by atoms with E-state index in [4.69, 9.17) is 14.4 Å². The third kappa shape index (κ3) is 4.45. The zero-order valence-electron chi connectivity index (χ0n) is 27.9. The maximum Gasteiger partial charge on any atom is 0.161 e. The standard InChI is InChI=1S/C48H28N2OS/c1-2-13-29(14-3-1)30-16-10-17-32(27-30)44-47-45(37-21-8-9-26-42(37)52-47)50-48(49-44)39-24-12-25-41-43(39)38-23-11-22-36(46(38)51-41)40-28-31-15-4-5-18-33(31)34-19-6-7-20-35(34)40/h1-28H. The highest BCUT2D eigenvalue weighted by Crippen LogP contribution is 2.45. The van der Waals surface area contributed by atoms with Gasteiger partial charge < -0.3 is 4.42 Å². The third-order valence-electron chi connectivity index (χ3n) is 10.3. The third-order valence-corrected chi connectivity index (χ3v) is 11.5. The summed E-state index contributed by atoms with van der Waals surface area (Å²) in [5.41, 5.74) is 10.2. The molecule has 0 aliphatic carbocycles. The van der Waals surface area contributed by atoms with Crippen LogP contribution >= 0.6 is 11.3 Å². The van der Waals surface area contributed by atoms with E-state index in [0.29, 0.717) is 5.82 Å². The first-order chi connectivity index (χ1) is 25.8. The molecule has 4 heteroatoms. The minimum atomic E-state index is 0.686. The zero-order chi connectivity index (χ0) is 34.2. The van der Waals surface area contributed by atoms with Crippen LogP contribution in [0.2, 0.25) is 0 Å². The van der Waals surface area contributed by atoms with E-state index in [1.165, 1.54) is 31.8 Å². The predicted molar refractivity (Wildman–Crippen MR) is 219 cm³/mol. The largest absolute Gasteiger partial charge is 0.455 e. The topological polar surface area (TPSA) is 38.9 Å². The van der Waals surface area contributed by atoms with Gasteiger partial charge in [0.1, 0.15) is 11.2 Å². The fraction of sp³-hybridized carbons (Fsp3) is 0. The van der Waals surface area contributed by atoms with Crippen LogP contribution in [0.3, 0.4) is 0 Å². The number of aromatic nitrogens is 2. The van der Waals surface area contributed by atoms with E-state index in [-0.39, 0.29) is 0 Å². The van der Waals surface area contributed by atoms with E-state index in [1.54, 1.807) is 11.3 Å². The van der Waals surface area contributed by atoms with Crippen LogP contribution in [0, 0.1) is 0 Å². The van der Waals surface area contributed by atoms with Crippen molar-refractivity contribution >= 4 is 75.1 Å². The first-order valence-corrected chi connectivity index (χ1v) is 18.3. The van der Waals surface area contributed by atoms with E-state index < -0.39 is 0 Å². The Morgan fingerprint density at radius 3 is 2.02 bits per heavy atom. The van der Waals surface area contributed by atoms with E-state index in [0.717, 1.165) is 71.1 Å². The fourth-order valence-electron chi connectivity index (χ4n) is 7.91. The predicted octanol–water partition coefficient (Wildman–Crippen LogP) is 13.7. The molecule has 52 heavy (non-hydrogen) atoms. The molecule has 8 aromatic carbocycles. The van der Waals surface area contributed by atoms with Gasteiger partial charge in [-0.3, -0.25) is 0 Å². The quantitative estimate of drug-likeness (QED) is 0.174. The Hall–Kier alpha value is -6.62. The summed E-state index contributed by atoms with van der Waals surface area (Å²) in [7, 11) is 0. The molecule has 0 unspecified atom stereocenters. The molecule has 0 aliphatic heterocycles. The Morgan fingerprint density at radius 1 is 0.442 bits per heavy atom. The molecule has 0 spiro atoms. The van der Waals surface area contributed by atoms with E-state index in [2.05, 4.69) is 170 Å². The minimum absolute atomic E-state index is 0.686. The Balaban J connectivity index is 1.17. The van der Waals surface area contributed by atoms with E-state index in [9.17, 15) is 0 Å². The van der Waals surface area contributed by atoms with Crippen LogP contribution < -0.4 is 0 Å². The van der Waals surface area contributed by atoms with Crippen molar-refractivity contribution in [3.8, 4) is 44.9 Å². The summed E-state index contributed by atoms with van der Waals surface area (Å²) in [5, 5.41) is 8.10. The van der Waals surface area contributed by atoms with E-state index >= 15 is 0 Å². The number of rotatable bonds is 4. The van der Waals surface area contributed by atoms with Crippen molar-refractivity contribution in [3.05, 3.63) is 170 Å². The van der Waals surface area contributed by atoms with Gasteiger partial charge in [-0.25, -0.2) is 9.97 Å². The molecule has 242 valence electrons. The molecule has 0 atom stereocenters. The number of hydrogen-bond donors (Lipinski definition) is 0. The van der Waals surface area contributed by atoms with Crippen LogP contribution in [0.25, 0.3) is 109 Å². The highest BCUT2D eigenvalue weighted by Gasteiger charge is 2.22. The van der Waals surface area contributed by atoms with Gasteiger partial charge in [0.25, 0.3) is 0 Å². The van der Waals surface area contributed by atoms with Gasteiger partial charge in [-0.05, 0) is 62.5 Å². The van der Waals surface area contributed by atoms with Gasteiger partial charge in [0.05, 0.1) is 15.9 Å². The zero-order valence-corrected chi connectivity index (χ0v) is 28.7. The lowest BCUT2D eigenvalue weighted by molar-refractivity contribution is 0.670. The molecule has 3 aromatic heterocycles. The molecular formula is C48H28N2OS. The van der Waals surface area contributed by atoms with Crippen LogP contribution in [0.1, 0.15) is 0 Å². The maximum absolute atomic E-state index is 6.83. The van der Waals surface area contributed by atoms with Crippen molar-refractivity contribution in [2.45, 2.75) is 0 Å². The number of nitrogens with zero attached hydrogens (tertiary/aromatic N) is 2. The van der Waals surface area contributed by atoms with Crippen LogP contribution in [0.15, 0.2) is 174 Å². The molecule has 0 bridgehead atoms. The van der Waals surface area contributed by atoms with Crippen molar-refractivity contribution in [1.82, 2.24) is 9.97 Å². The van der Waals surface area contributed by atoms with Crippen molar-refractivity contribution in [3.63, 3.8) is 0 Å². The maximum atomic E-state index is 6.83. The van der Waals surface area contributed by atoms with E-state index in [1.807, 2.05) is 0 Å². The summed E-state index contributed by atoms with van der Waals surface area (Å²) in [6.07, 6.45) is 0. The lowest BCUT2D eigenvalue weighted by Gasteiger charge is -2.11. The number of para-hydroxylation sites is 1. The highest BCUT2D eigenvalue weighted by atomic mass is 32.1. The van der Waals surface area contributed by atoms with Gasteiger partial charge in [0, 0.05) is 37.5 Å². The number of benzene rings is 8. The van der Waals surface area contributed by atoms with Crippen molar-refractivity contribution < 1.29 is 4.42 Å². The molecule has 0 amide bonds. The molecule has 0 saturated heterocycles. The van der Waals surface area contributed by atoms with Crippen molar-refractivity contribution in [1.29, 1.82) is 0 Å². The molecule has 0 N–H and O–H groups in total. The lowest BCUT2D eigenvalue weighted by Crippen LogP contribution is -1.94. The lowest BCUT2D eigenvalue weighted by atomic mass is 9.92. The molecule has 3 heterocycles. The average molecular weight is 681 g/mol. The van der Waals surface area contributed by atoms with Crippen LogP contribution in [0.4, 0.5) is 0 Å². The van der Waals surface area contributed by atoms with Gasteiger partial charge in [0.2, 0.25) is 0 Å². The summed E-state index contributed by atoms with van der Waals surface area (Å²) in [6, 6.07) is 60.1. The second-order valence-corrected chi connectivity index (χ2v) is 14.3. The Bertz CT molecular complexity index is 3190. The monoisotopic (exact) mass is 680 g/mol. The highest BCUT2D eigenvalue weighted by molar-refractivity contribution is 7.26. The number of furan rings is 1. The molecule has 0 saturated carbocycles. The van der Waals surface area contributed by atoms with Gasteiger partial charge in [-0.2, -0.15) is 0 Å². The fourth-order valence-corrected chi connectivity index (χ4v) is 9.06. The molecule has 11 aromatic rings. The van der Waals surface area contributed by atoms with Gasteiger partial charge in [0.15, 0.2) is 5.82 Å². The average Bonchev–Trinajstić information content (AvgIpc) is 3.79. The number of thiophene rings is 1. The summed E-state index contributed by atoms with van der Waals surface area (Å²) in [6.45, 7) is 0. The smallest absolute Gasteiger partial charge is 0.161 e. The number of fused-ring (bicyclic) bond motifs is 9. The first-order valence-electron chi connectivity index (χ1n) is 17.5. The summed E-state index contributed by atoms with van der Waals surface area (Å²) >= 11 is 1.75. The van der Waals surface area contributed by atoms with Crippen molar-refractivity contribution in [2.24, 2.45) is 0 Å². The molecule has 11 rings (SSSR count). The second-order valence-electron chi connectivity index (χ2n) is 13.3. The van der Waals surface area contributed by atoms with Crippen LogP contribution in [-0.2, 0) is 0 Å². The Labute approximate surface area is 303 Å². The molecule has 3 nitrogen and oxygen atoms in total. The SMILES string of the molecule is c1ccc(-c2cccc(-c3nc(-c4cccc5oc6c(-c7cc8ccccc8c8ccccc78)cccc6c45)nc4c3sc3ccccc34)c2)cc1. The summed E-state index contributed by atoms with van der Waals surface area (Å²) in [5.74, 6) is 0.686. The summed E-state index contributed by atoms with van der Waals surface area (Å²) < 4.78 is 9.12. The molecular weight excluding hydrogens is 653 g/mol. The van der Waals surface area contributed by atoms with Crippen LogP contribution in [0.5, 0.6) is 0 Å². The van der Waals surface area contributed by atoms with Crippen molar-refractivity contribution in [2.75, 3.05) is 0 Å². The molecule has 0 fully saturated rings. The normalized spacial score (nSPS) is 11.8. The Kier molecular flexibility index (Phi) is 6.42. The number of hydrogen-bond acceptors (Lipinski definition) is 4. The van der Waals surface area contributed by atoms with Crippen LogP contribution in [-0.4, -0.2) is 9.97 Å². The van der Waals surface area contributed by atoms with Gasteiger partial charge in [-0.1, -0.05) is 146 Å². The first kappa shape index (κ1) is 29.1.